The topological polar surface area (TPSA) is 43.1 Å². The van der Waals surface area contributed by atoms with Crippen molar-refractivity contribution in [3.8, 4) is 0 Å². The van der Waals surface area contributed by atoms with Crippen molar-refractivity contribution in [2.24, 2.45) is 5.73 Å². The van der Waals surface area contributed by atoms with Crippen LogP contribution >= 0.6 is 11.6 Å². The number of benzene rings is 2. The van der Waals surface area contributed by atoms with Crippen molar-refractivity contribution in [1.29, 1.82) is 0 Å². The van der Waals surface area contributed by atoms with Crippen LogP contribution in [0.5, 0.6) is 0 Å². The van der Waals surface area contributed by atoms with Crippen LogP contribution in [-0.4, -0.2) is 4.21 Å². The van der Waals surface area contributed by atoms with Crippen LogP contribution in [0.25, 0.3) is 0 Å². The zero-order valence-corrected chi connectivity index (χ0v) is 11.7. The average molecular weight is 298 g/mol. The predicted octanol–water partition coefficient (Wildman–Crippen LogP) is 3.25. The summed E-state index contributed by atoms with van der Waals surface area (Å²) in [6, 6.07) is 11.5. The highest BCUT2D eigenvalue weighted by Crippen LogP contribution is 2.18. The number of rotatable bonds is 4. The first-order valence-corrected chi connectivity index (χ1v) is 7.41. The van der Waals surface area contributed by atoms with Gasteiger partial charge in [-0.05, 0) is 29.8 Å². The van der Waals surface area contributed by atoms with Gasteiger partial charge in [0.2, 0.25) is 0 Å². The smallest absolute Gasteiger partial charge is 0.127 e. The molecule has 1 atom stereocenters. The van der Waals surface area contributed by atoms with E-state index in [0.717, 1.165) is 5.56 Å². The molecule has 5 heteroatoms. The number of hydrogen-bond acceptors (Lipinski definition) is 2. The highest BCUT2D eigenvalue weighted by atomic mass is 35.5. The van der Waals surface area contributed by atoms with E-state index in [-0.39, 0.29) is 12.4 Å². The molecule has 2 rings (SSSR count). The van der Waals surface area contributed by atoms with Gasteiger partial charge in [0.05, 0.1) is 16.6 Å². The second-order valence-corrected chi connectivity index (χ2v) is 5.96. The van der Waals surface area contributed by atoms with Crippen molar-refractivity contribution in [2.45, 2.75) is 17.2 Å². The van der Waals surface area contributed by atoms with Gasteiger partial charge >= 0.3 is 0 Å². The highest BCUT2D eigenvalue weighted by Gasteiger charge is 2.08. The van der Waals surface area contributed by atoms with Crippen LogP contribution in [0.4, 0.5) is 4.39 Å². The standard InChI is InChI=1S/C14H13ClFNOS/c15-12-2-1-3-13(7-12)19(18)9-10-4-5-14(16)11(6-10)8-17/h1-7H,8-9,17H2. The molecule has 2 aromatic carbocycles. The molecule has 2 nitrogen and oxygen atoms in total. The molecule has 1 unspecified atom stereocenters. The summed E-state index contributed by atoms with van der Waals surface area (Å²) in [5.74, 6) is -0.0204. The lowest BCUT2D eigenvalue weighted by Crippen LogP contribution is -2.02. The molecule has 0 aliphatic carbocycles. The Kier molecular flexibility index (Phi) is 4.69. The Balaban J connectivity index is 2.19. The second kappa shape index (κ2) is 6.28. The Hall–Kier alpha value is -1.23. The second-order valence-electron chi connectivity index (χ2n) is 4.08. The quantitative estimate of drug-likeness (QED) is 0.941. The van der Waals surface area contributed by atoms with E-state index < -0.39 is 10.8 Å². The lowest BCUT2D eigenvalue weighted by atomic mass is 10.1. The summed E-state index contributed by atoms with van der Waals surface area (Å²) in [5, 5.41) is 0.549. The minimum atomic E-state index is -1.21. The van der Waals surface area contributed by atoms with Crippen molar-refractivity contribution in [1.82, 2.24) is 0 Å². The van der Waals surface area contributed by atoms with Gasteiger partial charge in [-0.1, -0.05) is 29.8 Å². The van der Waals surface area contributed by atoms with E-state index in [0.29, 0.717) is 21.2 Å². The Morgan fingerprint density at radius 1 is 1.21 bits per heavy atom. The molecule has 100 valence electrons. The van der Waals surface area contributed by atoms with Crippen LogP contribution in [0.1, 0.15) is 11.1 Å². The lowest BCUT2D eigenvalue weighted by molar-refractivity contribution is 0.610. The summed E-state index contributed by atoms with van der Waals surface area (Å²) >= 11 is 5.86. The molecular weight excluding hydrogens is 285 g/mol. The first kappa shape index (κ1) is 14.2. The first-order valence-electron chi connectivity index (χ1n) is 5.71. The van der Waals surface area contributed by atoms with E-state index >= 15 is 0 Å². The summed E-state index contributed by atoms with van der Waals surface area (Å²) in [7, 11) is -1.21. The zero-order valence-electron chi connectivity index (χ0n) is 10.1. The number of halogens is 2. The van der Waals surface area contributed by atoms with Crippen molar-refractivity contribution in [2.75, 3.05) is 0 Å². The molecule has 19 heavy (non-hydrogen) atoms. The van der Waals surface area contributed by atoms with Gasteiger partial charge in [0.1, 0.15) is 5.82 Å². The third kappa shape index (κ3) is 3.62. The molecule has 0 aliphatic heterocycles. The van der Waals surface area contributed by atoms with Crippen molar-refractivity contribution < 1.29 is 8.60 Å². The van der Waals surface area contributed by atoms with Gasteiger partial charge in [0.25, 0.3) is 0 Å². The fourth-order valence-electron chi connectivity index (χ4n) is 1.72. The fraction of sp³-hybridized carbons (Fsp3) is 0.143. The highest BCUT2D eigenvalue weighted by molar-refractivity contribution is 7.84. The van der Waals surface area contributed by atoms with Gasteiger partial charge in [-0.15, -0.1) is 0 Å². The summed E-state index contributed by atoms with van der Waals surface area (Å²) < 4.78 is 25.5. The minimum Gasteiger partial charge on any atom is -0.326 e. The summed E-state index contributed by atoms with van der Waals surface area (Å²) in [6.07, 6.45) is 0. The maximum absolute atomic E-state index is 13.3. The Bertz CT molecular complexity index is 618. The zero-order chi connectivity index (χ0) is 13.8. The van der Waals surface area contributed by atoms with Crippen molar-refractivity contribution >= 4 is 22.4 Å². The molecule has 0 saturated carbocycles. The molecule has 0 radical (unpaired) electrons. The van der Waals surface area contributed by atoms with Gasteiger partial charge in [0.15, 0.2) is 0 Å². The van der Waals surface area contributed by atoms with E-state index in [4.69, 9.17) is 17.3 Å². The van der Waals surface area contributed by atoms with Gasteiger partial charge in [-0.2, -0.15) is 0 Å². The van der Waals surface area contributed by atoms with Crippen LogP contribution in [0, 0.1) is 5.82 Å². The molecule has 0 fully saturated rings. The average Bonchev–Trinajstić information content (AvgIpc) is 2.41. The van der Waals surface area contributed by atoms with E-state index in [1.54, 1.807) is 36.4 Å². The summed E-state index contributed by atoms with van der Waals surface area (Å²) in [6.45, 7) is 0.128. The molecule has 0 aromatic heterocycles. The maximum atomic E-state index is 13.3. The van der Waals surface area contributed by atoms with E-state index in [1.807, 2.05) is 0 Å². The summed E-state index contributed by atoms with van der Waals surface area (Å²) in [4.78, 5) is 0.658. The van der Waals surface area contributed by atoms with Crippen molar-refractivity contribution in [3.05, 3.63) is 64.4 Å². The van der Waals surface area contributed by atoms with Crippen LogP contribution in [0.15, 0.2) is 47.4 Å². The Labute approximate surface area is 118 Å². The van der Waals surface area contributed by atoms with Gasteiger partial charge in [-0.3, -0.25) is 4.21 Å². The van der Waals surface area contributed by atoms with Gasteiger partial charge in [-0.25, -0.2) is 4.39 Å². The maximum Gasteiger partial charge on any atom is 0.127 e. The third-order valence-electron chi connectivity index (χ3n) is 2.69. The lowest BCUT2D eigenvalue weighted by Gasteiger charge is -2.06. The third-order valence-corrected chi connectivity index (χ3v) is 4.30. The molecule has 0 amide bonds. The number of hydrogen-bond donors (Lipinski definition) is 1. The van der Waals surface area contributed by atoms with Crippen LogP contribution in [0.2, 0.25) is 5.02 Å². The molecule has 0 spiro atoms. The van der Waals surface area contributed by atoms with Gasteiger partial charge < -0.3 is 5.73 Å². The van der Waals surface area contributed by atoms with Gasteiger partial charge in [0, 0.05) is 22.0 Å². The number of nitrogens with two attached hydrogens (primary N) is 1. The molecule has 0 bridgehead atoms. The van der Waals surface area contributed by atoms with E-state index in [9.17, 15) is 8.60 Å². The minimum absolute atomic E-state index is 0.128. The van der Waals surface area contributed by atoms with Crippen molar-refractivity contribution in [3.63, 3.8) is 0 Å². The fourth-order valence-corrected chi connectivity index (χ4v) is 3.11. The normalized spacial score (nSPS) is 12.4. The molecule has 0 saturated heterocycles. The SMILES string of the molecule is NCc1cc(CS(=O)c2cccc(Cl)c2)ccc1F. The molecular formula is C14H13ClFNOS. The molecule has 2 N–H and O–H groups in total. The summed E-state index contributed by atoms with van der Waals surface area (Å²) in [5.41, 5.74) is 6.67. The molecule has 0 heterocycles. The molecule has 0 aliphatic rings. The largest absolute Gasteiger partial charge is 0.326 e. The monoisotopic (exact) mass is 297 g/mol. The molecule has 2 aromatic rings. The Morgan fingerprint density at radius 2 is 2.00 bits per heavy atom. The Morgan fingerprint density at radius 3 is 2.68 bits per heavy atom. The first-order chi connectivity index (χ1) is 9.10. The van der Waals surface area contributed by atoms with Crippen LogP contribution in [0.3, 0.4) is 0 Å². The van der Waals surface area contributed by atoms with E-state index in [2.05, 4.69) is 0 Å². The predicted molar refractivity (Wildman–Crippen MR) is 75.9 cm³/mol. The van der Waals surface area contributed by atoms with E-state index in [1.165, 1.54) is 6.07 Å². The van der Waals surface area contributed by atoms with Crippen LogP contribution < -0.4 is 5.73 Å². The van der Waals surface area contributed by atoms with Crippen LogP contribution in [-0.2, 0) is 23.1 Å².